The van der Waals surface area contributed by atoms with Gasteiger partial charge in [-0.3, -0.25) is 4.68 Å². The van der Waals surface area contributed by atoms with Crippen LogP contribution in [0.15, 0.2) is 12.4 Å². The maximum Gasteiger partial charge on any atom is 0.491 e. The second-order valence-corrected chi connectivity index (χ2v) is 4.96. The molecule has 0 atom stereocenters. The van der Waals surface area contributed by atoms with Crippen molar-refractivity contribution in [1.82, 2.24) is 14.7 Å². The number of aromatic nitrogens is 2. The van der Waals surface area contributed by atoms with Crippen LogP contribution in [0.4, 0.5) is 0 Å². The number of hydrogen-bond donors (Lipinski definition) is 2. The van der Waals surface area contributed by atoms with Gasteiger partial charge in [0.25, 0.3) is 0 Å². The van der Waals surface area contributed by atoms with Gasteiger partial charge in [0, 0.05) is 24.4 Å². The van der Waals surface area contributed by atoms with E-state index in [4.69, 9.17) is 10.0 Å². The zero-order chi connectivity index (χ0) is 14.1. The second-order valence-electron chi connectivity index (χ2n) is 4.96. The summed E-state index contributed by atoms with van der Waals surface area (Å²) in [5.74, 6) is 0. The van der Waals surface area contributed by atoms with Crippen LogP contribution in [0.2, 0.25) is 0 Å². The van der Waals surface area contributed by atoms with Gasteiger partial charge in [0.05, 0.1) is 6.54 Å². The van der Waals surface area contributed by atoms with Crippen molar-refractivity contribution in [2.75, 3.05) is 19.6 Å². The lowest BCUT2D eigenvalue weighted by Crippen LogP contribution is -2.30. The first-order valence-corrected chi connectivity index (χ1v) is 7.28. The minimum Gasteiger partial charge on any atom is -0.423 e. The maximum atomic E-state index is 9.03. The van der Waals surface area contributed by atoms with Crippen LogP contribution in [0.25, 0.3) is 0 Å². The van der Waals surface area contributed by atoms with Gasteiger partial charge in [0.1, 0.15) is 0 Å². The lowest BCUT2D eigenvalue weighted by Gasteiger charge is -2.21. The van der Waals surface area contributed by atoms with Gasteiger partial charge in [-0.2, -0.15) is 5.10 Å². The van der Waals surface area contributed by atoms with E-state index < -0.39 is 7.12 Å². The fourth-order valence-corrected chi connectivity index (χ4v) is 2.12. The molecule has 0 radical (unpaired) electrons. The summed E-state index contributed by atoms with van der Waals surface area (Å²) < 4.78 is 1.78. The highest BCUT2D eigenvalue weighted by Gasteiger charge is 2.13. The molecule has 1 aromatic heterocycles. The van der Waals surface area contributed by atoms with Crippen LogP contribution in [0.1, 0.15) is 39.5 Å². The molecule has 0 aromatic carbocycles. The molecule has 0 aliphatic carbocycles. The summed E-state index contributed by atoms with van der Waals surface area (Å²) in [7, 11) is -1.43. The van der Waals surface area contributed by atoms with Crippen LogP contribution >= 0.6 is 0 Å². The summed E-state index contributed by atoms with van der Waals surface area (Å²) in [5.41, 5.74) is 0.452. The molecule has 5 nitrogen and oxygen atoms in total. The normalized spacial score (nSPS) is 11.2. The molecule has 2 N–H and O–H groups in total. The Balaban J connectivity index is 2.36. The molecule has 19 heavy (non-hydrogen) atoms. The van der Waals surface area contributed by atoms with Crippen LogP contribution in [-0.2, 0) is 6.54 Å². The first-order chi connectivity index (χ1) is 9.17. The first-order valence-electron chi connectivity index (χ1n) is 7.28. The fraction of sp³-hybridized carbons (Fsp3) is 0.769. The van der Waals surface area contributed by atoms with Crippen LogP contribution in [-0.4, -0.2) is 51.5 Å². The Morgan fingerprint density at radius 1 is 1.16 bits per heavy atom. The van der Waals surface area contributed by atoms with Crippen molar-refractivity contribution in [1.29, 1.82) is 0 Å². The topological polar surface area (TPSA) is 61.5 Å². The van der Waals surface area contributed by atoms with E-state index in [0.717, 1.165) is 32.6 Å². The third-order valence-corrected chi connectivity index (χ3v) is 3.21. The SMILES string of the molecule is CCCCCN(CCC)CCn1cc(B(O)O)cn1. The van der Waals surface area contributed by atoms with E-state index in [2.05, 4.69) is 23.8 Å². The molecule has 0 saturated heterocycles. The van der Waals surface area contributed by atoms with Crippen molar-refractivity contribution in [2.24, 2.45) is 0 Å². The van der Waals surface area contributed by atoms with E-state index in [0.29, 0.717) is 5.46 Å². The van der Waals surface area contributed by atoms with Crippen molar-refractivity contribution >= 4 is 12.6 Å². The fourth-order valence-electron chi connectivity index (χ4n) is 2.12. The zero-order valence-corrected chi connectivity index (χ0v) is 12.1. The van der Waals surface area contributed by atoms with Gasteiger partial charge in [-0.05, 0) is 25.9 Å². The highest BCUT2D eigenvalue weighted by Crippen LogP contribution is 2.00. The predicted octanol–water partition coefficient (Wildman–Crippen LogP) is 0.465. The quantitative estimate of drug-likeness (QED) is 0.478. The summed E-state index contributed by atoms with van der Waals surface area (Å²) in [6, 6.07) is 0. The van der Waals surface area contributed by atoms with E-state index >= 15 is 0 Å². The summed E-state index contributed by atoms with van der Waals surface area (Å²) in [6.45, 7) is 8.41. The summed E-state index contributed by atoms with van der Waals surface area (Å²) in [5, 5.41) is 22.2. The summed E-state index contributed by atoms with van der Waals surface area (Å²) in [4.78, 5) is 2.45. The highest BCUT2D eigenvalue weighted by atomic mass is 16.4. The van der Waals surface area contributed by atoms with E-state index in [9.17, 15) is 0 Å². The number of nitrogens with zero attached hydrogens (tertiary/aromatic N) is 3. The van der Waals surface area contributed by atoms with E-state index in [1.807, 2.05) is 0 Å². The molecule has 0 unspecified atom stereocenters. The van der Waals surface area contributed by atoms with Gasteiger partial charge < -0.3 is 14.9 Å². The molecule has 1 aromatic rings. The third kappa shape index (κ3) is 6.23. The van der Waals surface area contributed by atoms with E-state index in [1.54, 1.807) is 10.9 Å². The monoisotopic (exact) mass is 267 g/mol. The molecule has 108 valence electrons. The Labute approximate surface area is 116 Å². The Bertz CT molecular complexity index is 344. The van der Waals surface area contributed by atoms with Crippen LogP contribution in [0.3, 0.4) is 0 Å². The van der Waals surface area contributed by atoms with E-state index in [1.165, 1.54) is 25.5 Å². The van der Waals surface area contributed by atoms with Crippen molar-refractivity contribution in [3.05, 3.63) is 12.4 Å². The Morgan fingerprint density at radius 2 is 1.95 bits per heavy atom. The smallest absolute Gasteiger partial charge is 0.423 e. The van der Waals surface area contributed by atoms with Crippen molar-refractivity contribution in [3.8, 4) is 0 Å². The molecule has 0 bridgehead atoms. The third-order valence-electron chi connectivity index (χ3n) is 3.21. The van der Waals surface area contributed by atoms with E-state index in [-0.39, 0.29) is 0 Å². The van der Waals surface area contributed by atoms with Crippen molar-refractivity contribution in [2.45, 2.75) is 46.1 Å². The molecule has 0 saturated carbocycles. The molecule has 1 heterocycles. The van der Waals surface area contributed by atoms with Crippen molar-refractivity contribution in [3.63, 3.8) is 0 Å². The maximum absolute atomic E-state index is 9.03. The Hall–Kier alpha value is -0.845. The highest BCUT2D eigenvalue weighted by molar-refractivity contribution is 6.58. The minimum absolute atomic E-state index is 0.452. The van der Waals surface area contributed by atoms with Crippen LogP contribution in [0.5, 0.6) is 0 Å². The molecule has 0 fully saturated rings. The first kappa shape index (κ1) is 16.2. The minimum atomic E-state index is -1.43. The summed E-state index contributed by atoms with van der Waals surface area (Å²) >= 11 is 0. The molecular formula is C13H26BN3O2. The van der Waals surface area contributed by atoms with Gasteiger partial charge in [-0.25, -0.2) is 0 Å². The van der Waals surface area contributed by atoms with Gasteiger partial charge >= 0.3 is 7.12 Å². The van der Waals surface area contributed by atoms with Crippen molar-refractivity contribution < 1.29 is 10.0 Å². The van der Waals surface area contributed by atoms with Crippen LogP contribution < -0.4 is 5.46 Å². The van der Waals surface area contributed by atoms with Gasteiger partial charge in [-0.1, -0.05) is 26.7 Å². The zero-order valence-electron chi connectivity index (χ0n) is 12.1. The average molecular weight is 267 g/mol. The van der Waals surface area contributed by atoms with Gasteiger partial charge in [-0.15, -0.1) is 0 Å². The van der Waals surface area contributed by atoms with Gasteiger partial charge in [0.2, 0.25) is 0 Å². The van der Waals surface area contributed by atoms with Gasteiger partial charge in [0.15, 0.2) is 0 Å². The number of rotatable bonds is 10. The lowest BCUT2D eigenvalue weighted by molar-refractivity contribution is 0.253. The average Bonchev–Trinajstić information content (AvgIpc) is 2.85. The summed E-state index contributed by atoms with van der Waals surface area (Å²) in [6.07, 6.45) is 8.13. The predicted molar refractivity (Wildman–Crippen MR) is 78.3 cm³/mol. The Morgan fingerprint density at radius 3 is 2.53 bits per heavy atom. The number of hydrogen-bond acceptors (Lipinski definition) is 4. The largest absolute Gasteiger partial charge is 0.491 e. The molecule has 6 heteroatoms. The second kappa shape index (κ2) is 9.12. The molecule has 0 spiro atoms. The lowest BCUT2D eigenvalue weighted by atomic mass is 9.83. The molecule has 0 aliphatic rings. The Kier molecular flexibility index (Phi) is 7.78. The molecule has 0 aliphatic heterocycles. The van der Waals surface area contributed by atoms with Crippen LogP contribution in [0, 0.1) is 0 Å². The molecule has 1 rings (SSSR count). The number of unbranched alkanes of at least 4 members (excludes halogenated alkanes) is 2. The molecular weight excluding hydrogens is 241 g/mol. The molecule has 0 amide bonds. The standard InChI is InChI=1S/C13H26BN3O2/c1-3-5-6-8-16(7-4-2)9-10-17-12-13(11-15-17)14(18)19/h11-12,18-19H,3-10H2,1-2H3.